The van der Waals surface area contributed by atoms with Crippen LogP contribution >= 0.6 is 0 Å². The van der Waals surface area contributed by atoms with Gasteiger partial charge >= 0.3 is 0 Å². The lowest BCUT2D eigenvalue weighted by molar-refractivity contribution is -0.134. The molecule has 42 heavy (non-hydrogen) atoms. The molecular formula is C33H46N2O7. The first-order chi connectivity index (χ1) is 20.2. The number of hydrogen-bond acceptors (Lipinski definition) is 8. The number of hydrogen-bond donors (Lipinski definition) is 1. The van der Waals surface area contributed by atoms with Crippen molar-refractivity contribution < 1.29 is 33.4 Å². The first-order valence-corrected chi connectivity index (χ1v) is 15.6. The Hall–Kier alpha value is -2.62. The fourth-order valence-electron chi connectivity index (χ4n) is 7.06. The minimum atomic E-state index is -0.801. The van der Waals surface area contributed by atoms with Crippen LogP contribution in [0, 0.1) is 29.6 Å². The third kappa shape index (κ3) is 7.66. The van der Waals surface area contributed by atoms with Gasteiger partial charge in [0.05, 0.1) is 39.5 Å². The van der Waals surface area contributed by atoms with Gasteiger partial charge in [0, 0.05) is 37.8 Å². The highest BCUT2D eigenvalue weighted by atomic mass is 16.6. The molecule has 2 saturated heterocycles. The van der Waals surface area contributed by atoms with E-state index in [-0.39, 0.29) is 36.1 Å². The van der Waals surface area contributed by atoms with Crippen molar-refractivity contribution in [2.75, 3.05) is 46.6 Å². The number of ether oxygens (including phenoxy) is 3. The number of epoxide rings is 1. The predicted molar refractivity (Wildman–Crippen MR) is 156 cm³/mol. The summed E-state index contributed by atoms with van der Waals surface area (Å²) in [4.78, 5) is 55.5. The minimum absolute atomic E-state index is 0.00380. The molecule has 9 heteroatoms. The second kappa shape index (κ2) is 13.3. The summed E-state index contributed by atoms with van der Waals surface area (Å²) in [5, 5.41) is 2.96. The van der Waals surface area contributed by atoms with Crippen LogP contribution in [0.2, 0.25) is 0 Å². The molecule has 2 heterocycles. The molecule has 7 atom stereocenters. The van der Waals surface area contributed by atoms with E-state index in [1.165, 1.54) is 19.3 Å². The summed E-state index contributed by atoms with van der Waals surface area (Å²) in [7, 11) is 1.60. The number of carbonyl (C=O) groups excluding carboxylic acids is 4. The van der Waals surface area contributed by atoms with Crippen molar-refractivity contribution in [2.24, 2.45) is 29.6 Å². The number of rotatable bonds is 16. The maximum Gasteiger partial charge on any atom is 0.223 e. The molecule has 0 bridgehead atoms. The van der Waals surface area contributed by atoms with Gasteiger partial charge in [0.25, 0.3) is 0 Å². The van der Waals surface area contributed by atoms with Crippen molar-refractivity contribution in [1.82, 2.24) is 10.2 Å². The van der Waals surface area contributed by atoms with Gasteiger partial charge in [0.2, 0.25) is 5.91 Å². The molecule has 0 aromatic heterocycles. The fourth-order valence-corrected chi connectivity index (χ4v) is 7.06. The van der Waals surface area contributed by atoms with Gasteiger partial charge in [-0.1, -0.05) is 25.5 Å². The van der Waals surface area contributed by atoms with Crippen LogP contribution in [0.5, 0.6) is 5.75 Å². The number of Topliss-reactive ketones (excluding diaryl/α,β-unsaturated/α-hetero) is 3. The Kier molecular flexibility index (Phi) is 9.80. The lowest BCUT2D eigenvalue weighted by atomic mass is 9.83. The Morgan fingerprint density at radius 1 is 1.07 bits per heavy atom. The van der Waals surface area contributed by atoms with Gasteiger partial charge in [-0.2, -0.15) is 0 Å². The predicted octanol–water partition coefficient (Wildman–Crippen LogP) is 3.02. The molecule has 1 aromatic carbocycles. The van der Waals surface area contributed by atoms with E-state index in [9.17, 15) is 19.2 Å². The van der Waals surface area contributed by atoms with Crippen LogP contribution in [0.4, 0.5) is 0 Å². The highest BCUT2D eigenvalue weighted by molar-refractivity contribution is 5.97. The second-order valence-electron chi connectivity index (χ2n) is 13.1. The molecule has 5 rings (SSSR count). The molecule has 1 aromatic rings. The van der Waals surface area contributed by atoms with Gasteiger partial charge < -0.3 is 19.5 Å². The number of benzene rings is 1. The molecule has 4 fully saturated rings. The standard InChI is InChI=1S/C33H46N2O7/c1-21(15-24(36)19-35-11-13-41-14-12-35)32(39)34-29(16-22-7-9-25(40-3)10-8-22)30(37)18-23(31(38)33(2)20-42-33)17-28-26-5-4-6-27(26)28/h7-10,21,23,26-29H,4-6,11-20H2,1-3H3,(H,34,39)/t21-,23-,26-,27+,28?,29+,33-/m1/s1. The van der Waals surface area contributed by atoms with Crippen LogP contribution in [-0.4, -0.2) is 86.4 Å². The third-order valence-corrected chi connectivity index (χ3v) is 9.85. The summed E-state index contributed by atoms with van der Waals surface area (Å²) in [5.74, 6) is 1.13. The monoisotopic (exact) mass is 582 g/mol. The van der Waals surface area contributed by atoms with Crippen molar-refractivity contribution in [3.63, 3.8) is 0 Å². The van der Waals surface area contributed by atoms with Gasteiger partial charge in [0.15, 0.2) is 11.6 Å². The molecule has 1 N–H and O–H groups in total. The molecule has 0 spiro atoms. The lowest BCUT2D eigenvalue weighted by Crippen LogP contribution is -2.46. The van der Waals surface area contributed by atoms with Crippen molar-refractivity contribution in [3.8, 4) is 5.75 Å². The number of morpholine rings is 1. The van der Waals surface area contributed by atoms with Crippen LogP contribution in [0.15, 0.2) is 24.3 Å². The maximum atomic E-state index is 13.9. The van der Waals surface area contributed by atoms with Crippen LogP contribution in [-0.2, 0) is 35.1 Å². The molecule has 2 saturated carbocycles. The van der Waals surface area contributed by atoms with Gasteiger partial charge in [-0.05, 0) is 68.1 Å². The van der Waals surface area contributed by atoms with E-state index in [0.717, 1.165) is 5.56 Å². The zero-order chi connectivity index (χ0) is 29.9. The topological polar surface area (TPSA) is 115 Å². The smallest absolute Gasteiger partial charge is 0.223 e. The van der Waals surface area contributed by atoms with E-state index < -0.39 is 23.5 Å². The molecule has 1 unspecified atom stereocenters. The number of nitrogens with zero attached hydrogens (tertiary/aromatic N) is 1. The van der Waals surface area contributed by atoms with Crippen LogP contribution in [0.25, 0.3) is 0 Å². The average Bonchev–Trinajstić information content (AvgIpc) is 3.83. The van der Waals surface area contributed by atoms with Crippen molar-refractivity contribution in [1.29, 1.82) is 0 Å². The minimum Gasteiger partial charge on any atom is -0.497 e. The zero-order valence-corrected chi connectivity index (χ0v) is 25.3. The number of fused-ring (bicyclic) bond motifs is 1. The lowest BCUT2D eigenvalue weighted by Gasteiger charge is -2.26. The normalized spacial score (nSPS) is 28.7. The van der Waals surface area contributed by atoms with Crippen molar-refractivity contribution in [3.05, 3.63) is 29.8 Å². The number of ketones is 3. The van der Waals surface area contributed by atoms with E-state index in [1.54, 1.807) is 14.0 Å². The largest absolute Gasteiger partial charge is 0.497 e. The number of carbonyl (C=O) groups is 4. The van der Waals surface area contributed by atoms with E-state index in [0.29, 0.717) is 75.8 Å². The van der Waals surface area contributed by atoms with E-state index in [1.807, 2.05) is 36.1 Å². The Morgan fingerprint density at radius 3 is 2.36 bits per heavy atom. The Labute approximate surface area is 249 Å². The van der Waals surface area contributed by atoms with Crippen molar-refractivity contribution >= 4 is 23.3 Å². The summed E-state index contributed by atoms with van der Waals surface area (Å²) in [6.07, 6.45) is 4.90. The molecule has 2 aliphatic carbocycles. The first kappa shape index (κ1) is 30.8. The molecule has 2 aliphatic heterocycles. The van der Waals surface area contributed by atoms with Gasteiger partial charge in [0.1, 0.15) is 17.1 Å². The summed E-state index contributed by atoms with van der Waals surface area (Å²) >= 11 is 0. The Balaban J connectivity index is 1.25. The number of nitrogens with one attached hydrogen (secondary N) is 1. The van der Waals surface area contributed by atoms with E-state index in [2.05, 4.69) is 5.32 Å². The molecule has 4 aliphatic rings. The second-order valence-corrected chi connectivity index (χ2v) is 13.1. The summed E-state index contributed by atoms with van der Waals surface area (Å²) in [6, 6.07) is 6.62. The first-order valence-electron chi connectivity index (χ1n) is 15.6. The van der Waals surface area contributed by atoms with Gasteiger partial charge in [-0.25, -0.2) is 0 Å². The molecule has 1 amide bonds. The summed E-state index contributed by atoms with van der Waals surface area (Å²) in [6.45, 7) is 6.86. The fraction of sp³-hybridized carbons (Fsp3) is 0.697. The van der Waals surface area contributed by atoms with Crippen LogP contribution in [0.1, 0.15) is 57.9 Å². The SMILES string of the molecule is COc1ccc(C[C@H](NC(=O)[C@H](C)CC(=O)CN2CCOCC2)C(=O)C[C@@H](CC2[C@H]3CCC[C@@H]23)C(=O)[C@@]2(C)CO2)cc1. The molecule has 230 valence electrons. The molecule has 0 radical (unpaired) electrons. The highest BCUT2D eigenvalue weighted by Crippen LogP contribution is 2.60. The van der Waals surface area contributed by atoms with E-state index in [4.69, 9.17) is 14.2 Å². The molecular weight excluding hydrogens is 536 g/mol. The maximum absolute atomic E-state index is 13.9. The Bertz CT molecular complexity index is 1130. The number of methoxy groups -OCH3 is 1. The average molecular weight is 583 g/mol. The number of amides is 1. The van der Waals surface area contributed by atoms with Gasteiger partial charge in [-0.3, -0.25) is 24.1 Å². The quantitative estimate of drug-likeness (QED) is 0.296. The van der Waals surface area contributed by atoms with Crippen LogP contribution < -0.4 is 10.1 Å². The van der Waals surface area contributed by atoms with Crippen LogP contribution in [0.3, 0.4) is 0 Å². The van der Waals surface area contributed by atoms with Crippen molar-refractivity contribution in [2.45, 2.75) is 70.4 Å². The highest BCUT2D eigenvalue weighted by Gasteiger charge is 2.56. The summed E-state index contributed by atoms with van der Waals surface area (Å²) in [5.41, 5.74) is 0.0848. The van der Waals surface area contributed by atoms with Gasteiger partial charge in [-0.15, -0.1) is 0 Å². The Morgan fingerprint density at radius 2 is 1.74 bits per heavy atom. The third-order valence-electron chi connectivity index (χ3n) is 9.85. The van der Waals surface area contributed by atoms with E-state index >= 15 is 0 Å². The zero-order valence-electron chi connectivity index (χ0n) is 25.3. The molecule has 9 nitrogen and oxygen atoms in total. The summed E-state index contributed by atoms with van der Waals surface area (Å²) < 4.78 is 16.1.